The van der Waals surface area contributed by atoms with Crippen molar-refractivity contribution in [1.29, 1.82) is 0 Å². The molecule has 1 N–H and O–H groups in total. The minimum Gasteiger partial charge on any atom is -0.495 e. The van der Waals surface area contributed by atoms with E-state index in [2.05, 4.69) is 5.32 Å². The molecule has 0 aliphatic heterocycles. The zero-order valence-electron chi connectivity index (χ0n) is 14.5. The van der Waals surface area contributed by atoms with Gasteiger partial charge in [-0.3, -0.25) is 9.59 Å². The first-order valence-corrected chi connectivity index (χ1v) is 8.22. The maximum absolute atomic E-state index is 12.1. The van der Waals surface area contributed by atoms with Gasteiger partial charge in [0.15, 0.2) is 0 Å². The molecule has 2 aromatic rings. The molecular weight excluding hydrogens is 340 g/mol. The lowest BCUT2D eigenvalue weighted by atomic mass is 10.1. The Labute approximate surface area is 152 Å². The number of benzene rings is 2. The maximum Gasteiger partial charge on any atom is 0.253 e. The van der Waals surface area contributed by atoms with Gasteiger partial charge in [0.25, 0.3) is 5.91 Å². The van der Waals surface area contributed by atoms with Crippen molar-refractivity contribution in [2.75, 3.05) is 26.5 Å². The second-order valence-corrected chi connectivity index (χ2v) is 6.20. The molecule has 2 aromatic carbocycles. The molecule has 0 atom stereocenters. The number of methoxy groups -OCH3 is 1. The first-order valence-electron chi connectivity index (χ1n) is 7.84. The fourth-order valence-electron chi connectivity index (χ4n) is 2.30. The van der Waals surface area contributed by atoms with Crippen LogP contribution in [0.25, 0.3) is 0 Å². The van der Waals surface area contributed by atoms with Crippen LogP contribution in [0, 0.1) is 0 Å². The number of carbonyl (C=O) groups excluding carboxylic acids is 2. The number of anilines is 1. The van der Waals surface area contributed by atoms with Crippen LogP contribution in [0.15, 0.2) is 42.5 Å². The monoisotopic (exact) mass is 360 g/mol. The topological polar surface area (TPSA) is 58.6 Å². The van der Waals surface area contributed by atoms with E-state index in [-0.39, 0.29) is 11.8 Å². The Morgan fingerprint density at radius 3 is 2.36 bits per heavy atom. The second kappa shape index (κ2) is 8.53. The number of halogens is 1. The molecule has 0 bridgehead atoms. The zero-order chi connectivity index (χ0) is 18.4. The summed E-state index contributed by atoms with van der Waals surface area (Å²) in [7, 11) is 4.97. The Morgan fingerprint density at radius 2 is 1.80 bits per heavy atom. The quantitative estimate of drug-likeness (QED) is 0.855. The minimum atomic E-state index is -0.102. The van der Waals surface area contributed by atoms with E-state index in [9.17, 15) is 9.59 Å². The van der Waals surface area contributed by atoms with Crippen LogP contribution in [0.5, 0.6) is 5.75 Å². The van der Waals surface area contributed by atoms with Gasteiger partial charge in [-0.15, -0.1) is 0 Å². The van der Waals surface area contributed by atoms with E-state index in [1.54, 1.807) is 44.4 Å². The van der Waals surface area contributed by atoms with Gasteiger partial charge in [-0.2, -0.15) is 0 Å². The average molecular weight is 361 g/mol. The predicted octanol–water partition coefficient (Wildman–Crippen LogP) is 3.62. The van der Waals surface area contributed by atoms with Crippen LogP contribution in [0.3, 0.4) is 0 Å². The summed E-state index contributed by atoms with van der Waals surface area (Å²) in [6.07, 6.45) is 0.927. The van der Waals surface area contributed by atoms with E-state index < -0.39 is 0 Å². The molecule has 0 spiro atoms. The van der Waals surface area contributed by atoms with Crippen LogP contribution in [-0.4, -0.2) is 37.9 Å². The van der Waals surface area contributed by atoms with Crippen LogP contribution in [0.1, 0.15) is 22.3 Å². The number of nitrogens with one attached hydrogen (secondary N) is 1. The number of rotatable bonds is 6. The average Bonchev–Trinajstić information content (AvgIpc) is 2.60. The molecule has 0 unspecified atom stereocenters. The van der Waals surface area contributed by atoms with Gasteiger partial charge >= 0.3 is 0 Å². The van der Waals surface area contributed by atoms with E-state index in [1.165, 1.54) is 12.0 Å². The largest absolute Gasteiger partial charge is 0.495 e. The van der Waals surface area contributed by atoms with Gasteiger partial charge in [0, 0.05) is 31.8 Å². The summed E-state index contributed by atoms with van der Waals surface area (Å²) in [5.74, 6) is 0.419. The molecule has 5 nitrogen and oxygen atoms in total. The molecule has 0 heterocycles. The van der Waals surface area contributed by atoms with Crippen molar-refractivity contribution < 1.29 is 14.3 Å². The van der Waals surface area contributed by atoms with Crippen LogP contribution >= 0.6 is 11.6 Å². The molecule has 2 amide bonds. The first kappa shape index (κ1) is 18.8. The molecule has 0 saturated carbocycles. The molecule has 0 aromatic heterocycles. The SMILES string of the molecule is COc1ccc(NC(=O)CCc2ccc(C(=O)N(C)C)cc2)cc1Cl. The summed E-state index contributed by atoms with van der Waals surface area (Å²) in [5.41, 5.74) is 2.26. The van der Waals surface area contributed by atoms with Crippen LogP contribution < -0.4 is 10.1 Å². The molecule has 25 heavy (non-hydrogen) atoms. The number of ether oxygens (including phenoxy) is 1. The highest BCUT2D eigenvalue weighted by Gasteiger charge is 2.09. The number of carbonyl (C=O) groups is 2. The number of hydrogen-bond donors (Lipinski definition) is 1. The van der Waals surface area contributed by atoms with Crippen molar-refractivity contribution >= 4 is 29.1 Å². The van der Waals surface area contributed by atoms with Crippen molar-refractivity contribution in [3.63, 3.8) is 0 Å². The highest BCUT2D eigenvalue weighted by Crippen LogP contribution is 2.27. The number of hydrogen-bond acceptors (Lipinski definition) is 3. The standard InChI is InChI=1S/C19H21ClN2O3/c1-22(2)19(24)14-7-4-13(5-8-14)6-11-18(23)21-15-9-10-17(25-3)16(20)12-15/h4-5,7-10,12H,6,11H2,1-3H3,(H,21,23). The van der Waals surface area contributed by atoms with E-state index in [4.69, 9.17) is 16.3 Å². The van der Waals surface area contributed by atoms with Gasteiger partial charge < -0.3 is 15.0 Å². The molecule has 6 heteroatoms. The zero-order valence-corrected chi connectivity index (χ0v) is 15.3. The number of amides is 2. The van der Waals surface area contributed by atoms with E-state index in [0.717, 1.165) is 5.56 Å². The summed E-state index contributed by atoms with van der Waals surface area (Å²) in [4.78, 5) is 25.4. The molecule has 0 radical (unpaired) electrons. The van der Waals surface area contributed by atoms with Gasteiger partial charge in [0.1, 0.15) is 5.75 Å². The highest BCUT2D eigenvalue weighted by molar-refractivity contribution is 6.32. The van der Waals surface area contributed by atoms with Gasteiger partial charge in [0.05, 0.1) is 12.1 Å². The minimum absolute atomic E-state index is 0.0410. The molecular formula is C19H21ClN2O3. The predicted molar refractivity (Wildman–Crippen MR) is 99.4 cm³/mol. The Hall–Kier alpha value is -2.53. The fraction of sp³-hybridized carbons (Fsp3) is 0.263. The lowest BCUT2D eigenvalue weighted by Gasteiger charge is -2.11. The number of nitrogens with zero attached hydrogens (tertiary/aromatic N) is 1. The lowest BCUT2D eigenvalue weighted by Crippen LogP contribution is -2.21. The summed E-state index contributed by atoms with van der Waals surface area (Å²) in [6, 6.07) is 12.4. The van der Waals surface area contributed by atoms with E-state index in [1.807, 2.05) is 12.1 Å². The van der Waals surface area contributed by atoms with Gasteiger partial charge in [-0.25, -0.2) is 0 Å². The van der Waals surface area contributed by atoms with Crippen molar-refractivity contribution in [1.82, 2.24) is 4.90 Å². The molecule has 2 rings (SSSR count). The highest BCUT2D eigenvalue weighted by atomic mass is 35.5. The Bertz CT molecular complexity index is 758. The van der Waals surface area contributed by atoms with Crippen LogP contribution in [-0.2, 0) is 11.2 Å². The van der Waals surface area contributed by atoms with Crippen molar-refractivity contribution in [2.45, 2.75) is 12.8 Å². The summed E-state index contributed by atoms with van der Waals surface area (Å²) >= 11 is 6.04. The molecule has 0 aliphatic carbocycles. The first-order chi connectivity index (χ1) is 11.9. The van der Waals surface area contributed by atoms with Crippen molar-refractivity contribution in [3.8, 4) is 5.75 Å². The normalized spacial score (nSPS) is 10.2. The Kier molecular flexibility index (Phi) is 6.42. The molecule has 0 fully saturated rings. The van der Waals surface area contributed by atoms with Crippen molar-refractivity contribution in [3.05, 3.63) is 58.6 Å². The summed E-state index contributed by atoms with van der Waals surface area (Å²) in [6.45, 7) is 0. The van der Waals surface area contributed by atoms with E-state index >= 15 is 0 Å². The fourth-order valence-corrected chi connectivity index (χ4v) is 2.56. The van der Waals surface area contributed by atoms with Crippen molar-refractivity contribution in [2.24, 2.45) is 0 Å². The third-order valence-corrected chi connectivity index (χ3v) is 3.98. The Balaban J connectivity index is 1.89. The van der Waals surface area contributed by atoms with Crippen LogP contribution in [0.2, 0.25) is 5.02 Å². The summed E-state index contributed by atoms with van der Waals surface area (Å²) < 4.78 is 5.08. The van der Waals surface area contributed by atoms with Gasteiger partial charge in [-0.05, 0) is 42.3 Å². The van der Waals surface area contributed by atoms with Gasteiger partial charge in [-0.1, -0.05) is 23.7 Å². The maximum atomic E-state index is 12.1. The van der Waals surface area contributed by atoms with Gasteiger partial charge in [0.2, 0.25) is 5.91 Å². The third-order valence-electron chi connectivity index (χ3n) is 3.68. The molecule has 132 valence electrons. The second-order valence-electron chi connectivity index (χ2n) is 5.79. The summed E-state index contributed by atoms with van der Waals surface area (Å²) in [5, 5.41) is 3.25. The third kappa shape index (κ3) is 5.22. The molecule has 0 saturated heterocycles. The van der Waals surface area contributed by atoms with Crippen LogP contribution in [0.4, 0.5) is 5.69 Å². The Morgan fingerprint density at radius 1 is 1.12 bits per heavy atom. The number of aryl methyl sites for hydroxylation is 1. The molecule has 0 aliphatic rings. The van der Waals surface area contributed by atoms with E-state index in [0.29, 0.717) is 34.9 Å². The lowest BCUT2D eigenvalue weighted by molar-refractivity contribution is -0.116. The smallest absolute Gasteiger partial charge is 0.253 e.